The van der Waals surface area contributed by atoms with Crippen LogP contribution >= 0.6 is 0 Å². The highest BCUT2D eigenvalue weighted by Gasteiger charge is 2.29. The lowest BCUT2D eigenvalue weighted by Gasteiger charge is -2.30. The third kappa shape index (κ3) is 9.06. The van der Waals surface area contributed by atoms with Gasteiger partial charge in [-0.1, -0.05) is 95.9 Å². The molecule has 1 fully saturated rings. The molecular weight excluding hydrogens is 426 g/mol. The second-order valence-electron chi connectivity index (χ2n) is 10.7. The van der Waals surface area contributed by atoms with Crippen molar-refractivity contribution in [2.45, 2.75) is 122 Å². The Hall–Kier alpha value is -2.21. The average molecular weight is 474 g/mol. The molecule has 0 aliphatic heterocycles. The van der Waals surface area contributed by atoms with Gasteiger partial charge < -0.3 is 0 Å². The maximum Gasteiger partial charge on any atom is 0.131 e. The van der Waals surface area contributed by atoms with Gasteiger partial charge in [-0.2, -0.15) is 5.26 Å². The second-order valence-corrected chi connectivity index (χ2v) is 10.7. The fraction of sp³-hybridized carbons (Fsp3) is 0.656. The van der Waals surface area contributed by atoms with Crippen molar-refractivity contribution in [1.29, 1.82) is 5.26 Å². The van der Waals surface area contributed by atoms with E-state index in [0.29, 0.717) is 11.8 Å². The summed E-state index contributed by atoms with van der Waals surface area (Å²) in [6, 6.07) is 11.6. The molecule has 1 atom stereocenters. The van der Waals surface area contributed by atoms with Crippen molar-refractivity contribution in [3.63, 3.8) is 0 Å². The van der Waals surface area contributed by atoms with Crippen molar-refractivity contribution in [2.75, 3.05) is 0 Å². The van der Waals surface area contributed by atoms with Crippen molar-refractivity contribution < 1.29 is 0 Å². The van der Waals surface area contributed by atoms with Crippen LogP contribution in [0.5, 0.6) is 0 Å². The number of rotatable bonds is 15. The summed E-state index contributed by atoms with van der Waals surface area (Å²) in [4.78, 5) is 9.54. The highest BCUT2D eigenvalue weighted by molar-refractivity contribution is 5.61. The van der Waals surface area contributed by atoms with Gasteiger partial charge >= 0.3 is 0 Å². The Morgan fingerprint density at radius 1 is 0.771 bits per heavy atom. The van der Waals surface area contributed by atoms with Gasteiger partial charge in [-0.25, -0.2) is 9.97 Å². The van der Waals surface area contributed by atoms with E-state index in [1.165, 1.54) is 81.8 Å². The molecule has 0 radical (unpaired) electrons. The number of unbranched alkanes of at least 4 members (excludes halogenated alkanes) is 8. The van der Waals surface area contributed by atoms with E-state index in [-0.39, 0.29) is 5.92 Å². The Bertz CT molecular complexity index is 857. The Labute approximate surface area is 214 Å². The van der Waals surface area contributed by atoms with Crippen LogP contribution in [0.3, 0.4) is 0 Å². The van der Waals surface area contributed by atoms with Gasteiger partial charge in [0.25, 0.3) is 0 Å². The topological polar surface area (TPSA) is 49.6 Å². The fourth-order valence-corrected chi connectivity index (χ4v) is 5.65. The zero-order valence-corrected chi connectivity index (χ0v) is 22.4. The number of benzene rings is 1. The molecule has 1 aromatic heterocycles. The van der Waals surface area contributed by atoms with Crippen molar-refractivity contribution in [3.8, 4) is 17.2 Å². The molecule has 3 rings (SSSR count). The molecule has 3 nitrogen and oxygen atoms in total. The monoisotopic (exact) mass is 473 g/mol. The number of hydrogen-bond acceptors (Lipinski definition) is 3. The molecular formula is C32H47N3. The van der Waals surface area contributed by atoms with Gasteiger partial charge in [0, 0.05) is 29.8 Å². The van der Waals surface area contributed by atoms with E-state index in [2.05, 4.69) is 44.2 Å². The van der Waals surface area contributed by atoms with Gasteiger partial charge in [0.2, 0.25) is 0 Å². The van der Waals surface area contributed by atoms with Gasteiger partial charge in [0.05, 0.1) is 6.07 Å². The van der Waals surface area contributed by atoms with Gasteiger partial charge in [0.15, 0.2) is 0 Å². The summed E-state index contributed by atoms with van der Waals surface area (Å²) < 4.78 is 0. The van der Waals surface area contributed by atoms with Crippen LogP contribution in [0.2, 0.25) is 0 Å². The van der Waals surface area contributed by atoms with Crippen molar-refractivity contribution in [2.24, 2.45) is 11.8 Å². The van der Waals surface area contributed by atoms with Gasteiger partial charge in [0.1, 0.15) is 5.82 Å². The molecule has 0 saturated heterocycles. The van der Waals surface area contributed by atoms with Crippen LogP contribution in [0.1, 0.15) is 127 Å². The number of nitriles is 1. The Kier molecular flexibility index (Phi) is 12.3. The molecule has 0 amide bonds. The van der Waals surface area contributed by atoms with Crippen molar-refractivity contribution >= 4 is 0 Å². The van der Waals surface area contributed by atoms with Crippen LogP contribution in [-0.2, 0) is 6.42 Å². The minimum Gasteiger partial charge on any atom is -0.240 e. The Morgan fingerprint density at radius 3 is 1.97 bits per heavy atom. The van der Waals surface area contributed by atoms with Crippen LogP contribution in [0, 0.1) is 23.2 Å². The molecule has 35 heavy (non-hydrogen) atoms. The van der Waals surface area contributed by atoms with E-state index in [4.69, 9.17) is 9.97 Å². The van der Waals surface area contributed by atoms with Gasteiger partial charge in [-0.15, -0.1) is 0 Å². The predicted molar refractivity (Wildman–Crippen MR) is 147 cm³/mol. The summed E-state index contributed by atoms with van der Waals surface area (Å²) in [7, 11) is 0. The van der Waals surface area contributed by atoms with E-state index in [1.807, 2.05) is 12.4 Å². The first-order valence-electron chi connectivity index (χ1n) is 14.6. The largest absolute Gasteiger partial charge is 0.240 e. The number of aryl methyl sites for hydroxylation is 1. The molecule has 1 aliphatic rings. The van der Waals surface area contributed by atoms with Gasteiger partial charge in [-0.05, 0) is 62.0 Å². The normalized spacial score (nSPS) is 18.8. The summed E-state index contributed by atoms with van der Waals surface area (Å²) in [5.74, 6) is 2.23. The summed E-state index contributed by atoms with van der Waals surface area (Å²) >= 11 is 0. The Morgan fingerprint density at radius 2 is 1.37 bits per heavy atom. The third-order valence-electron chi connectivity index (χ3n) is 8.02. The summed E-state index contributed by atoms with van der Waals surface area (Å²) in [6.07, 6.45) is 23.8. The first-order chi connectivity index (χ1) is 17.2. The first-order valence-corrected chi connectivity index (χ1v) is 14.6. The molecule has 3 heteroatoms. The molecule has 1 heterocycles. The molecule has 1 aromatic carbocycles. The first kappa shape index (κ1) is 27.4. The lowest BCUT2D eigenvalue weighted by molar-refractivity contribution is 0.253. The molecule has 1 aliphatic carbocycles. The zero-order valence-electron chi connectivity index (χ0n) is 22.4. The summed E-state index contributed by atoms with van der Waals surface area (Å²) in [5, 5.41) is 9.72. The summed E-state index contributed by atoms with van der Waals surface area (Å²) in [5.41, 5.74) is 3.73. The predicted octanol–water partition coefficient (Wildman–Crippen LogP) is 9.43. The van der Waals surface area contributed by atoms with E-state index < -0.39 is 0 Å². The molecule has 0 bridgehead atoms. The minimum atomic E-state index is 0.236. The number of aromatic nitrogens is 2. The van der Waals surface area contributed by atoms with E-state index in [0.717, 1.165) is 43.5 Å². The van der Waals surface area contributed by atoms with E-state index >= 15 is 0 Å². The molecule has 0 unspecified atom stereocenters. The van der Waals surface area contributed by atoms with Crippen molar-refractivity contribution in [3.05, 3.63) is 48.0 Å². The Balaban J connectivity index is 1.44. The molecule has 190 valence electrons. The smallest absolute Gasteiger partial charge is 0.131 e. The van der Waals surface area contributed by atoms with E-state index in [1.54, 1.807) is 0 Å². The number of hydrogen-bond donors (Lipinski definition) is 0. The van der Waals surface area contributed by atoms with Crippen LogP contribution < -0.4 is 0 Å². The van der Waals surface area contributed by atoms with Gasteiger partial charge in [-0.3, -0.25) is 0 Å². The van der Waals surface area contributed by atoms with Crippen LogP contribution in [-0.4, -0.2) is 9.97 Å². The average Bonchev–Trinajstić information content (AvgIpc) is 2.91. The highest BCUT2D eigenvalue weighted by Crippen LogP contribution is 2.39. The van der Waals surface area contributed by atoms with E-state index in [9.17, 15) is 5.26 Å². The van der Waals surface area contributed by atoms with Crippen LogP contribution in [0.4, 0.5) is 0 Å². The fourth-order valence-electron chi connectivity index (χ4n) is 5.65. The molecule has 0 N–H and O–H groups in total. The lowest BCUT2D eigenvalue weighted by Crippen LogP contribution is -2.21. The highest BCUT2D eigenvalue weighted by atomic mass is 14.9. The maximum atomic E-state index is 9.72. The second kappa shape index (κ2) is 15.7. The van der Waals surface area contributed by atoms with Crippen LogP contribution in [0.25, 0.3) is 11.1 Å². The van der Waals surface area contributed by atoms with Crippen LogP contribution in [0.15, 0.2) is 36.7 Å². The number of nitrogens with zero attached hydrogens (tertiary/aromatic N) is 3. The zero-order chi connectivity index (χ0) is 24.7. The molecule has 0 spiro atoms. The third-order valence-corrected chi connectivity index (χ3v) is 8.02. The maximum absolute atomic E-state index is 9.72. The van der Waals surface area contributed by atoms with Crippen molar-refractivity contribution in [1.82, 2.24) is 9.97 Å². The quantitative estimate of drug-likeness (QED) is 0.242. The summed E-state index contributed by atoms with van der Waals surface area (Å²) in [6.45, 7) is 4.52. The molecule has 1 saturated carbocycles. The lowest BCUT2D eigenvalue weighted by atomic mass is 9.74. The minimum absolute atomic E-state index is 0.236. The standard InChI is InChI=1S/C32H47N3/c1-3-5-7-9-11-13-26-15-17-28(18-16-26)31-24-34-32(35-25-31)29-21-19-27(20-22-29)30(23-33)14-12-10-8-6-4-2/h15-18,24-25,27,29-30H,3-14,19-22H2,1-2H3/t27?,29?,30-/m0/s1. The SMILES string of the molecule is CCCCCCCc1ccc(-c2cnc(C3CCC([C@H](C#N)CCCCCCC)CC3)nc2)cc1. The molecule has 2 aromatic rings.